The van der Waals surface area contributed by atoms with Crippen LogP contribution in [0.4, 0.5) is 0 Å². The van der Waals surface area contributed by atoms with E-state index < -0.39 is 0 Å². The van der Waals surface area contributed by atoms with Crippen LogP contribution < -0.4 is 0 Å². The van der Waals surface area contributed by atoms with Crippen molar-refractivity contribution in [1.82, 2.24) is 0 Å². The fourth-order valence-electron chi connectivity index (χ4n) is 7.21. The molecule has 0 amide bonds. The highest BCUT2D eigenvalue weighted by molar-refractivity contribution is 6.40. The second kappa shape index (κ2) is 4.32. The summed E-state index contributed by atoms with van der Waals surface area (Å²) in [6.07, 6.45) is 6.03. The molecule has 0 spiro atoms. The number of fused-ring (bicyclic) bond motifs is 4. The summed E-state index contributed by atoms with van der Waals surface area (Å²) >= 11 is 0. The molecule has 0 unspecified atom stereocenters. The molecule has 6 aliphatic rings. The Kier molecular flexibility index (Phi) is 3.02. The van der Waals surface area contributed by atoms with Crippen LogP contribution in [0.15, 0.2) is 0 Å². The lowest BCUT2D eigenvalue weighted by atomic mass is 9.31. The molecule has 4 bridgehead atoms. The van der Waals surface area contributed by atoms with E-state index in [2.05, 4.69) is 48.8 Å². The Balaban J connectivity index is 1.42. The third-order valence-electron chi connectivity index (χ3n) is 9.32. The van der Waals surface area contributed by atoms with Gasteiger partial charge < -0.3 is 0 Å². The van der Waals surface area contributed by atoms with Crippen molar-refractivity contribution in [3.63, 3.8) is 0 Å². The topological polar surface area (TPSA) is 0 Å². The Morgan fingerprint density at radius 3 is 1.33 bits per heavy atom. The lowest BCUT2D eigenvalue weighted by Gasteiger charge is -2.65. The van der Waals surface area contributed by atoms with Crippen LogP contribution in [0.2, 0.25) is 11.6 Å². The van der Waals surface area contributed by atoms with Crippen molar-refractivity contribution in [2.24, 2.45) is 46.3 Å². The Morgan fingerprint density at radius 2 is 1.05 bits per heavy atom. The zero-order chi connectivity index (χ0) is 15.2. The second-order valence-electron chi connectivity index (χ2n) is 10.4. The molecule has 0 heterocycles. The fourth-order valence-corrected chi connectivity index (χ4v) is 7.21. The molecule has 0 N–H and O–H groups in total. The van der Waals surface area contributed by atoms with Crippen LogP contribution in [0.5, 0.6) is 0 Å². The van der Waals surface area contributed by atoms with Gasteiger partial charge in [0.05, 0.1) is 0 Å². The molecule has 1 radical (unpaired) electrons. The summed E-state index contributed by atoms with van der Waals surface area (Å²) in [4.78, 5) is 0. The summed E-state index contributed by atoms with van der Waals surface area (Å²) in [7, 11) is 2.86. The Labute approximate surface area is 133 Å². The summed E-state index contributed by atoms with van der Waals surface area (Å²) in [6, 6.07) is 0. The molecular formula is C20H34B. The van der Waals surface area contributed by atoms with Gasteiger partial charge in [0.15, 0.2) is 0 Å². The summed E-state index contributed by atoms with van der Waals surface area (Å²) < 4.78 is 0. The fraction of sp³-hybridized carbons (Fsp3) is 1.00. The van der Waals surface area contributed by atoms with Crippen molar-refractivity contribution in [2.45, 2.75) is 78.9 Å². The third kappa shape index (κ3) is 1.81. The summed E-state index contributed by atoms with van der Waals surface area (Å²) in [5, 5.41) is 0. The number of hydrogen-bond acceptors (Lipinski definition) is 0. The van der Waals surface area contributed by atoms with Crippen LogP contribution in [0.25, 0.3) is 0 Å². The van der Waals surface area contributed by atoms with Crippen LogP contribution >= 0.6 is 0 Å². The van der Waals surface area contributed by atoms with Crippen molar-refractivity contribution in [3.8, 4) is 0 Å². The van der Waals surface area contributed by atoms with Gasteiger partial charge in [-0.25, -0.2) is 0 Å². The van der Waals surface area contributed by atoms with Crippen molar-refractivity contribution in [3.05, 3.63) is 0 Å². The lowest BCUT2D eigenvalue weighted by molar-refractivity contribution is -0.106. The minimum Gasteiger partial charge on any atom is -0.0655 e. The quantitative estimate of drug-likeness (QED) is 0.573. The molecule has 0 aromatic heterocycles. The first-order valence-electron chi connectivity index (χ1n) is 9.58. The first-order valence-corrected chi connectivity index (χ1v) is 9.58. The molecule has 0 aliphatic heterocycles. The van der Waals surface area contributed by atoms with Crippen LogP contribution in [-0.4, -0.2) is 7.28 Å². The molecule has 6 fully saturated rings. The van der Waals surface area contributed by atoms with E-state index in [1.54, 1.807) is 0 Å². The highest BCUT2D eigenvalue weighted by Crippen LogP contribution is 2.68. The van der Waals surface area contributed by atoms with E-state index in [-0.39, 0.29) is 0 Å². The molecule has 0 aromatic carbocycles. The van der Waals surface area contributed by atoms with E-state index >= 15 is 0 Å². The maximum atomic E-state index is 2.86. The Bertz CT molecular complexity index is 397. The maximum Gasteiger partial charge on any atom is 0.118 e. The predicted molar refractivity (Wildman–Crippen MR) is 91.6 cm³/mol. The number of rotatable bonds is 2. The van der Waals surface area contributed by atoms with Crippen LogP contribution in [0.3, 0.4) is 0 Å². The van der Waals surface area contributed by atoms with E-state index in [4.69, 9.17) is 0 Å². The van der Waals surface area contributed by atoms with Crippen LogP contribution in [-0.2, 0) is 0 Å². The van der Waals surface area contributed by atoms with Crippen molar-refractivity contribution < 1.29 is 0 Å². The summed E-state index contributed by atoms with van der Waals surface area (Å²) in [5.41, 5.74) is 1.29. The first-order chi connectivity index (χ1) is 9.73. The molecule has 6 aliphatic carbocycles. The van der Waals surface area contributed by atoms with Gasteiger partial charge in [-0.1, -0.05) is 66.0 Å². The minimum atomic E-state index is 0.645. The normalized spacial score (nSPS) is 56.1. The highest BCUT2D eigenvalue weighted by atomic mass is 14.6. The maximum absolute atomic E-state index is 2.86. The molecule has 0 saturated heterocycles. The Hall–Kier alpha value is 0.0649. The van der Waals surface area contributed by atoms with Crippen molar-refractivity contribution >= 4 is 7.28 Å². The van der Waals surface area contributed by atoms with Gasteiger partial charge in [-0.15, -0.1) is 0 Å². The van der Waals surface area contributed by atoms with Crippen molar-refractivity contribution in [1.29, 1.82) is 0 Å². The SMILES string of the molecule is C[C@H]1[C@@H]([B][C@H]2C[C@H]3C[C@@H]([C@H]2C)C3(C)C)C[C@H]2C[C@@H]1C2(C)C. The van der Waals surface area contributed by atoms with E-state index in [9.17, 15) is 0 Å². The largest absolute Gasteiger partial charge is 0.118 e. The first kappa shape index (κ1) is 14.6. The highest BCUT2D eigenvalue weighted by Gasteiger charge is 2.59. The van der Waals surface area contributed by atoms with E-state index in [0.717, 1.165) is 47.1 Å². The molecular weight excluding hydrogens is 251 g/mol. The molecule has 117 valence electrons. The van der Waals surface area contributed by atoms with Crippen LogP contribution in [0, 0.1) is 46.3 Å². The monoisotopic (exact) mass is 285 g/mol. The zero-order valence-corrected chi connectivity index (χ0v) is 15.0. The van der Waals surface area contributed by atoms with Crippen molar-refractivity contribution in [2.75, 3.05) is 0 Å². The van der Waals surface area contributed by atoms with Gasteiger partial charge in [-0.3, -0.25) is 0 Å². The smallest absolute Gasteiger partial charge is 0.0655 e. The molecule has 0 aromatic rings. The van der Waals surface area contributed by atoms with Crippen LogP contribution in [0.1, 0.15) is 67.2 Å². The van der Waals surface area contributed by atoms with Gasteiger partial charge in [0.2, 0.25) is 0 Å². The van der Waals surface area contributed by atoms with E-state index in [0.29, 0.717) is 10.8 Å². The van der Waals surface area contributed by atoms with Gasteiger partial charge in [0.1, 0.15) is 7.28 Å². The minimum absolute atomic E-state index is 0.645. The standard InChI is InChI=1S/C20H34B/c1-11-15-7-13(19(15,3)4)9-17(11)21-18-10-14-8-16(12(18)2)20(14,5)6/h11-18H,7-10H2,1-6H3/t11-,12-,13-,14-,15+,16+,17+,18+/m1/s1. The molecule has 8 atom stereocenters. The second-order valence-corrected chi connectivity index (χ2v) is 10.4. The lowest BCUT2D eigenvalue weighted by Crippen LogP contribution is -2.57. The molecule has 1 heteroatoms. The van der Waals surface area contributed by atoms with Gasteiger partial charge in [0.25, 0.3) is 0 Å². The van der Waals surface area contributed by atoms with E-state index in [1.807, 2.05) is 0 Å². The van der Waals surface area contributed by atoms with Gasteiger partial charge >= 0.3 is 0 Å². The average Bonchev–Trinajstić information content (AvgIpc) is 2.41. The number of hydrogen-bond donors (Lipinski definition) is 0. The average molecular weight is 285 g/mol. The van der Waals surface area contributed by atoms with E-state index in [1.165, 1.54) is 25.7 Å². The summed E-state index contributed by atoms with van der Waals surface area (Å²) in [5.74, 6) is 7.76. The van der Waals surface area contributed by atoms with Gasteiger partial charge in [0, 0.05) is 0 Å². The predicted octanol–water partition coefficient (Wildman–Crippen LogP) is 5.67. The third-order valence-corrected chi connectivity index (χ3v) is 9.32. The molecule has 6 saturated carbocycles. The van der Waals surface area contributed by atoms with Gasteiger partial charge in [-0.2, -0.15) is 0 Å². The zero-order valence-electron chi connectivity index (χ0n) is 15.0. The van der Waals surface area contributed by atoms with Gasteiger partial charge in [-0.05, 0) is 59.2 Å². The molecule has 6 rings (SSSR count). The molecule has 0 nitrogen and oxygen atoms in total. The summed E-state index contributed by atoms with van der Waals surface area (Å²) in [6.45, 7) is 15.2. The Morgan fingerprint density at radius 1 is 0.667 bits per heavy atom. The molecule has 21 heavy (non-hydrogen) atoms.